The van der Waals surface area contributed by atoms with Crippen molar-refractivity contribution in [3.05, 3.63) is 28.2 Å². The topological polar surface area (TPSA) is 38.5 Å². The number of hydrogen-bond donors (Lipinski definition) is 1. The van der Waals surface area contributed by atoms with Crippen LogP contribution in [0.3, 0.4) is 0 Å². The minimum Gasteiger partial charge on any atom is -0.380 e. The van der Waals surface area contributed by atoms with Gasteiger partial charge in [-0.05, 0) is 47.0 Å². The highest BCUT2D eigenvalue weighted by Gasteiger charge is 2.23. The fourth-order valence-electron chi connectivity index (χ4n) is 2.20. The van der Waals surface area contributed by atoms with Crippen LogP contribution in [-0.2, 0) is 4.74 Å². The van der Waals surface area contributed by atoms with Gasteiger partial charge in [0.2, 0.25) is 0 Å². The number of ether oxygens (including phenoxy) is 1. The van der Waals surface area contributed by atoms with Gasteiger partial charge in [-0.3, -0.25) is 0 Å². The zero-order valence-electron chi connectivity index (χ0n) is 10.3. The molecular weight excluding hydrogens is 280 g/mol. The zero-order chi connectivity index (χ0) is 12.4. The van der Waals surface area contributed by atoms with E-state index in [2.05, 4.69) is 39.0 Å². The van der Waals surface area contributed by atoms with Gasteiger partial charge < -0.3 is 15.4 Å². The van der Waals surface area contributed by atoms with E-state index in [9.17, 15) is 0 Å². The van der Waals surface area contributed by atoms with Gasteiger partial charge in [0.15, 0.2) is 0 Å². The van der Waals surface area contributed by atoms with Crippen molar-refractivity contribution in [3.8, 4) is 0 Å². The summed E-state index contributed by atoms with van der Waals surface area (Å²) >= 11 is 3.63. The van der Waals surface area contributed by atoms with E-state index < -0.39 is 0 Å². The largest absolute Gasteiger partial charge is 0.380 e. The van der Waals surface area contributed by atoms with E-state index in [1.165, 1.54) is 5.69 Å². The molecule has 4 heteroatoms. The fourth-order valence-corrected chi connectivity index (χ4v) is 2.85. The Morgan fingerprint density at radius 2 is 2.29 bits per heavy atom. The second-order valence-corrected chi connectivity index (χ2v) is 5.45. The maximum atomic E-state index is 5.88. The Balaban J connectivity index is 2.17. The molecule has 94 valence electrons. The smallest absolute Gasteiger partial charge is 0.0762 e. The van der Waals surface area contributed by atoms with Crippen molar-refractivity contribution in [3.63, 3.8) is 0 Å². The van der Waals surface area contributed by atoms with Crippen molar-refractivity contribution in [1.29, 1.82) is 0 Å². The molecule has 2 N–H and O–H groups in total. The van der Waals surface area contributed by atoms with Crippen molar-refractivity contribution < 1.29 is 4.74 Å². The fraction of sp³-hybridized carbons (Fsp3) is 0.538. The van der Waals surface area contributed by atoms with Gasteiger partial charge in [-0.2, -0.15) is 0 Å². The summed E-state index contributed by atoms with van der Waals surface area (Å²) in [6, 6.07) is 6.43. The third kappa shape index (κ3) is 2.81. The normalized spacial score (nSPS) is 21.9. The Bertz CT molecular complexity index is 395. The van der Waals surface area contributed by atoms with Crippen LogP contribution in [0.15, 0.2) is 22.7 Å². The molecule has 0 aliphatic carbocycles. The molecule has 1 fully saturated rings. The van der Waals surface area contributed by atoms with Crippen molar-refractivity contribution >= 4 is 21.6 Å². The van der Waals surface area contributed by atoms with Crippen LogP contribution in [0.25, 0.3) is 0 Å². The van der Waals surface area contributed by atoms with E-state index in [1.54, 1.807) is 7.11 Å². The molecule has 1 heterocycles. The lowest BCUT2D eigenvalue weighted by atomic mass is 10.1. The standard InChI is InChI=1S/C13H19BrN2O/c1-9(15)10-3-4-13(12(14)7-10)16-6-5-11(8-16)17-2/h3-4,7,9,11H,5-6,8,15H2,1-2H3. The number of rotatable bonds is 3. The predicted octanol–water partition coefficient (Wildman–Crippen LogP) is 2.69. The van der Waals surface area contributed by atoms with Gasteiger partial charge >= 0.3 is 0 Å². The monoisotopic (exact) mass is 298 g/mol. The number of nitrogens with two attached hydrogens (primary N) is 1. The lowest BCUT2D eigenvalue weighted by Gasteiger charge is -2.21. The molecular formula is C13H19BrN2O. The summed E-state index contributed by atoms with van der Waals surface area (Å²) in [6.45, 7) is 4.01. The van der Waals surface area contributed by atoms with Gasteiger partial charge in [-0.25, -0.2) is 0 Å². The van der Waals surface area contributed by atoms with E-state index in [0.717, 1.165) is 29.5 Å². The van der Waals surface area contributed by atoms with E-state index in [1.807, 2.05) is 6.92 Å². The number of nitrogens with zero attached hydrogens (tertiary/aromatic N) is 1. The Morgan fingerprint density at radius 1 is 1.53 bits per heavy atom. The molecule has 0 bridgehead atoms. The molecule has 2 unspecified atom stereocenters. The molecule has 2 atom stereocenters. The molecule has 1 aromatic carbocycles. The van der Waals surface area contributed by atoms with Gasteiger partial charge in [0.05, 0.1) is 11.8 Å². The van der Waals surface area contributed by atoms with Crippen molar-refractivity contribution in [2.45, 2.75) is 25.5 Å². The summed E-state index contributed by atoms with van der Waals surface area (Å²) in [6.07, 6.45) is 1.45. The molecule has 1 aliphatic rings. The van der Waals surface area contributed by atoms with E-state index in [-0.39, 0.29) is 6.04 Å². The summed E-state index contributed by atoms with van der Waals surface area (Å²) in [7, 11) is 1.78. The van der Waals surface area contributed by atoms with E-state index in [4.69, 9.17) is 10.5 Å². The molecule has 0 saturated carbocycles. The minimum atomic E-state index is 0.0747. The summed E-state index contributed by atoms with van der Waals surface area (Å²) in [5, 5.41) is 0. The first-order chi connectivity index (χ1) is 8.11. The lowest BCUT2D eigenvalue weighted by Crippen LogP contribution is -2.22. The third-order valence-electron chi connectivity index (χ3n) is 3.32. The Kier molecular flexibility index (Phi) is 4.07. The highest BCUT2D eigenvalue weighted by atomic mass is 79.9. The first-order valence-electron chi connectivity index (χ1n) is 5.94. The Labute approximate surface area is 111 Å². The maximum Gasteiger partial charge on any atom is 0.0762 e. The number of halogens is 1. The van der Waals surface area contributed by atoms with Gasteiger partial charge in [0.1, 0.15) is 0 Å². The van der Waals surface area contributed by atoms with Gasteiger partial charge in [0, 0.05) is 30.7 Å². The van der Waals surface area contributed by atoms with Crippen LogP contribution in [0.2, 0.25) is 0 Å². The molecule has 0 radical (unpaired) electrons. The molecule has 0 aromatic heterocycles. The minimum absolute atomic E-state index is 0.0747. The molecule has 0 spiro atoms. The first kappa shape index (κ1) is 12.9. The van der Waals surface area contributed by atoms with Gasteiger partial charge in [-0.1, -0.05) is 6.07 Å². The van der Waals surface area contributed by atoms with Crippen LogP contribution < -0.4 is 10.6 Å². The Hall–Kier alpha value is -0.580. The second-order valence-electron chi connectivity index (χ2n) is 4.59. The van der Waals surface area contributed by atoms with Gasteiger partial charge in [-0.15, -0.1) is 0 Å². The third-order valence-corrected chi connectivity index (χ3v) is 3.95. The van der Waals surface area contributed by atoms with Crippen molar-refractivity contribution in [1.82, 2.24) is 0 Å². The number of methoxy groups -OCH3 is 1. The zero-order valence-corrected chi connectivity index (χ0v) is 11.9. The quantitative estimate of drug-likeness (QED) is 0.932. The van der Waals surface area contributed by atoms with Crippen molar-refractivity contribution in [2.24, 2.45) is 5.73 Å². The van der Waals surface area contributed by atoms with Crippen LogP contribution >= 0.6 is 15.9 Å². The van der Waals surface area contributed by atoms with Crippen LogP contribution in [0.5, 0.6) is 0 Å². The second kappa shape index (κ2) is 5.38. The molecule has 2 rings (SSSR count). The summed E-state index contributed by atoms with van der Waals surface area (Å²) in [5.41, 5.74) is 8.26. The van der Waals surface area contributed by atoms with Gasteiger partial charge in [0.25, 0.3) is 0 Å². The molecule has 0 amide bonds. The highest BCUT2D eigenvalue weighted by Crippen LogP contribution is 2.31. The molecule has 1 saturated heterocycles. The summed E-state index contributed by atoms with van der Waals surface area (Å²) in [4.78, 5) is 2.35. The molecule has 1 aromatic rings. The van der Waals surface area contributed by atoms with Crippen LogP contribution in [0.1, 0.15) is 24.9 Å². The lowest BCUT2D eigenvalue weighted by molar-refractivity contribution is 0.121. The highest BCUT2D eigenvalue weighted by molar-refractivity contribution is 9.10. The van der Waals surface area contributed by atoms with Crippen molar-refractivity contribution in [2.75, 3.05) is 25.1 Å². The average Bonchev–Trinajstić information content (AvgIpc) is 2.77. The summed E-state index contributed by atoms with van der Waals surface area (Å²) < 4.78 is 6.50. The molecule has 3 nitrogen and oxygen atoms in total. The van der Waals surface area contributed by atoms with Crippen LogP contribution in [0.4, 0.5) is 5.69 Å². The first-order valence-corrected chi connectivity index (χ1v) is 6.74. The van der Waals surface area contributed by atoms with E-state index >= 15 is 0 Å². The Morgan fingerprint density at radius 3 is 2.82 bits per heavy atom. The number of anilines is 1. The number of hydrogen-bond acceptors (Lipinski definition) is 3. The van der Waals surface area contributed by atoms with Crippen LogP contribution in [-0.4, -0.2) is 26.3 Å². The van der Waals surface area contributed by atoms with Crippen LogP contribution in [0, 0.1) is 0 Å². The maximum absolute atomic E-state index is 5.88. The molecule has 1 aliphatic heterocycles. The summed E-state index contributed by atoms with van der Waals surface area (Å²) in [5.74, 6) is 0. The molecule has 17 heavy (non-hydrogen) atoms. The average molecular weight is 299 g/mol. The number of benzene rings is 1. The predicted molar refractivity (Wildman–Crippen MR) is 74.4 cm³/mol. The SMILES string of the molecule is COC1CCN(c2ccc(C(C)N)cc2Br)C1. The van der Waals surface area contributed by atoms with E-state index in [0.29, 0.717) is 6.10 Å².